The van der Waals surface area contributed by atoms with Crippen LogP contribution in [0.15, 0.2) is 83.1 Å². The van der Waals surface area contributed by atoms with Gasteiger partial charge in [0, 0.05) is 11.1 Å². The average Bonchev–Trinajstić information content (AvgIpc) is 3.47. The Kier molecular flexibility index (Phi) is 25.4. The summed E-state index contributed by atoms with van der Waals surface area (Å²) in [5.41, 5.74) is 1.57. The van der Waals surface area contributed by atoms with Gasteiger partial charge in [-0.1, -0.05) is 71.9 Å². The SMILES string of the molecule is CC(/C=C/C=C(\C)C(=O)O[C@@H]1O[C@H](CO[C@@H]2O[C@H](CO)[C@@H](O)[C@H](O)[C@H]2O)[C@@H](O)[C@H](O)[C@H]1O)=C\C=C\C=C(C)\C=C\C=C(/C)C(=O)O[C@@H]1O[C@H](CO[C@@H]2O[C@H](CO[C@@H]3O[C@H](CO)[C@@H](O)[C@H](O)[C@H]3O)[C@@H](O)[C@H](O)[C@H]2O)[C@@H](O)[C@H](O)[C@H]1O. The number of allylic oxidation sites excluding steroid dienone is 12. The zero-order valence-corrected chi connectivity index (χ0v) is 43.2. The molecule has 17 N–H and O–H groups in total. The Morgan fingerprint density at radius 3 is 0.886 bits per heavy atom. The lowest BCUT2D eigenvalue weighted by Gasteiger charge is -2.43. The summed E-state index contributed by atoms with van der Waals surface area (Å²) >= 11 is 0. The van der Waals surface area contributed by atoms with Gasteiger partial charge in [0.15, 0.2) is 18.9 Å². The first kappa shape index (κ1) is 65.9. The predicted molar refractivity (Wildman–Crippen MR) is 260 cm³/mol. The first-order valence-corrected chi connectivity index (χ1v) is 25.0. The minimum Gasteiger partial charge on any atom is -0.429 e. The summed E-state index contributed by atoms with van der Waals surface area (Å²) in [7, 11) is 0. The molecule has 79 heavy (non-hydrogen) atoms. The third-order valence-electron chi connectivity index (χ3n) is 13.3. The summed E-state index contributed by atoms with van der Waals surface area (Å²) in [6, 6.07) is 0. The summed E-state index contributed by atoms with van der Waals surface area (Å²) in [5.74, 6) is -1.93. The molecule has 0 aromatic rings. The summed E-state index contributed by atoms with van der Waals surface area (Å²) in [5, 5.41) is 174. The molecule has 29 nitrogen and oxygen atoms in total. The molecular weight excluding hydrogens is 1060 g/mol. The van der Waals surface area contributed by atoms with Crippen molar-refractivity contribution in [1.82, 2.24) is 0 Å². The van der Waals surface area contributed by atoms with E-state index in [1.165, 1.54) is 32.1 Å². The molecule has 0 saturated carbocycles. The second-order valence-electron chi connectivity index (χ2n) is 19.4. The molecule has 0 spiro atoms. The van der Waals surface area contributed by atoms with E-state index in [9.17, 15) is 96.4 Å². The van der Waals surface area contributed by atoms with Crippen LogP contribution in [0, 0.1) is 0 Å². The minimum atomic E-state index is -1.93. The number of rotatable bonds is 21. The van der Waals surface area contributed by atoms with Gasteiger partial charge in [0.1, 0.15) is 122 Å². The van der Waals surface area contributed by atoms with Crippen LogP contribution in [0.2, 0.25) is 0 Å². The van der Waals surface area contributed by atoms with Crippen molar-refractivity contribution in [2.24, 2.45) is 0 Å². The van der Waals surface area contributed by atoms with E-state index in [4.69, 9.17) is 47.4 Å². The van der Waals surface area contributed by atoms with Gasteiger partial charge < -0.3 is 134 Å². The fraction of sp³-hybridized carbons (Fsp3) is 0.680. The van der Waals surface area contributed by atoms with Crippen molar-refractivity contribution in [2.75, 3.05) is 33.0 Å². The average molecular weight is 1140 g/mol. The maximum atomic E-state index is 13.0. The van der Waals surface area contributed by atoms with Gasteiger partial charge in [-0.15, -0.1) is 0 Å². The number of aliphatic hydroxyl groups is 17. The topological polar surface area (TPSA) is 470 Å². The fourth-order valence-electron chi connectivity index (χ4n) is 8.22. The van der Waals surface area contributed by atoms with E-state index in [1.54, 1.807) is 56.4 Å². The van der Waals surface area contributed by atoms with Crippen LogP contribution in [-0.4, -0.2) is 285 Å². The van der Waals surface area contributed by atoms with Gasteiger partial charge in [-0.3, -0.25) is 0 Å². The van der Waals surface area contributed by atoms with Gasteiger partial charge in [-0.25, -0.2) is 9.59 Å². The first-order valence-electron chi connectivity index (χ1n) is 25.0. The number of esters is 2. The highest BCUT2D eigenvalue weighted by Crippen LogP contribution is 2.30. The zero-order valence-electron chi connectivity index (χ0n) is 43.2. The quantitative estimate of drug-likeness (QED) is 0.0288. The molecule has 5 aliphatic heterocycles. The number of ether oxygens (including phenoxy) is 10. The highest BCUT2D eigenvalue weighted by Gasteiger charge is 2.51. The van der Waals surface area contributed by atoms with Crippen molar-refractivity contribution in [3.63, 3.8) is 0 Å². The minimum absolute atomic E-state index is 0.0280. The number of carbonyl (C=O) groups is 2. The highest BCUT2D eigenvalue weighted by atomic mass is 16.8. The van der Waals surface area contributed by atoms with Crippen LogP contribution in [0.3, 0.4) is 0 Å². The monoisotopic (exact) mass is 1140 g/mol. The standard InChI is InChI=1S/C50H74O29/c1-20(11-7-13-22(3)44(68)78-49-42(66)37(61)32(56)27(76-49)18-71-47-40(64)35(59)30(54)25(16-52)74-47)9-5-6-10-21(2)12-8-14-23(4)45(69)79-50-43(67)38(62)33(57)28(77-50)19-72-48-41(65)36(60)31(55)26(75-48)17-70-46-39(63)34(58)29(53)24(15-51)73-46/h5-14,24-43,46-67H,15-19H2,1-4H3/b6-5+,11-7+,12-8+,20-9+,21-10+,22-13+,23-14+/t24-,25-,26-,27-,28-,29-,30-,31-,32-,33-,34+,35+,36+,37+,38+,39-,40-,41-,42-,43-,46-,47-,48-,49+,50+/m1/s1. The van der Waals surface area contributed by atoms with E-state index in [0.29, 0.717) is 0 Å². The summed E-state index contributed by atoms with van der Waals surface area (Å²) < 4.78 is 53.9. The Labute approximate surface area is 452 Å². The lowest BCUT2D eigenvalue weighted by molar-refractivity contribution is -0.340. The molecule has 5 fully saturated rings. The van der Waals surface area contributed by atoms with Gasteiger partial charge in [0.25, 0.3) is 0 Å². The van der Waals surface area contributed by atoms with Crippen molar-refractivity contribution in [3.8, 4) is 0 Å². The molecule has 5 rings (SSSR count). The maximum Gasteiger partial charge on any atom is 0.336 e. The smallest absolute Gasteiger partial charge is 0.336 e. The normalized spacial score (nSPS) is 42.3. The molecule has 0 aliphatic carbocycles. The van der Waals surface area contributed by atoms with Crippen LogP contribution in [0.1, 0.15) is 27.7 Å². The molecule has 5 saturated heterocycles. The van der Waals surface area contributed by atoms with Crippen LogP contribution in [0.5, 0.6) is 0 Å². The predicted octanol–water partition coefficient (Wildman–Crippen LogP) is -7.40. The number of hydrogen-bond donors (Lipinski definition) is 17. The lowest BCUT2D eigenvalue weighted by atomic mass is 9.98. The van der Waals surface area contributed by atoms with E-state index < -0.39 is 199 Å². The summed E-state index contributed by atoms with van der Waals surface area (Å²) in [6.45, 7) is 2.91. The molecule has 5 aliphatic rings. The Hall–Kier alpha value is -3.88. The van der Waals surface area contributed by atoms with Crippen molar-refractivity contribution in [3.05, 3.63) is 83.1 Å². The largest absolute Gasteiger partial charge is 0.429 e. The number of hydrogen-bond acceptors (Lipinski definition) is 29. The van der Waals surface area contributed by atoms with Crippen LogP contribution < -0.4 is 0 Å². The summed E-state index contributed by atoms with van der Waals surface area (Å²) in [4.78, 5) is 25.9. The fourth-order valence-corrected chi connectivity index (χ4v) is 8.22. The second-order valence-corrected chi connectivity index (χ2v) is 19.4. The number of aliphatic hydroxyl groups excluding tert-OH is 17. The van der Waals surface area contributed by atoms with Gasteiger partial charge in [-0.05, 0) is 27.7 Å². The Balaban J connectivity index is 1.06. The molecule has 5 heterocycles. The van der Waals surface area contributed by atoms with Gasteiger partial charge >= 0.3 is 11.9 Å². The second kappa shape index (κ2) is 30.4. The Morgan fingerprint density at radius 2 is 0.595 bits per heavy atom. The molecule has 0 amide bonds. The van der Waals surface area contributed by atoms with E-state index in [0.717, 1.165) is 11.1 Å². The Morgan fingerprint density at radius 1 is 0.342 bits per heavy atom. The van der Waals surface area contributed by atoms with Crippen LogP contribution in [-0.2, 0) is 57.0 Å². The first-order chi connectivity index (χ1) is 37.3. The molecule has 25 atom stereocenters. The van der Waals surface area contributed by atoms with E-state index in [-0.39, 0.29) is 11.1 Å². The molecule has 0 radical (unpaired) electrons. The van der Waals surface area contributed by atoms with Crippen LogP contribution in [0.25, 0.3) is 0 Å². The maximum absolute atomic E-state index is 13.0. The molecular formula is C50H74O29. The lowest BCUT2D eigenvalue weighted by Crippen LogP contribution is -2.62. The molecule has 0 aromatic heterocycles. The molecule has 0 bridgehead atoms. The molecule has 0 unspecified atom stereocenters. The third kappa shape index (κ3) is 17.1. The van der Waals surface area contributed by atoms with Crippen molar-refractivity contribution in [1.29, 1.82) is 0 Å². The van der Waals surface area contributed by atoms with Gasteiger partial charge in [0.05, 0.1) is 33.0 Å². The van der Waals surface area contributed by atoms with E-state index in [2.05, 4.69) is 0 Å². The van der Waals surface area contributed by atoms with Gasteiger partial charge in [0.2, 0.25) is 12.6 Å². The zero-order chi connectivity index (χ0) is 58.6. The molecule has 29 heteroatoms. The molecule has 448 valence electrons. The number of carbonyl (C=O) groups excluding carboxylic acids is 2. The van der Waals surface area contributed by atoms with Gasteiger partial charge in [-0.2, -0.15) is 0 Å². The van der Waals surface area contributed by atoms with Crippen LogP contribution in [0.4, 0.5) is 0 Å². The third-order valence-corrected chi connectivity index (χ3v) is 13.3. The van der Waals surface area contributed by atoms with Crippen molar-refractivity contribution < 1.29 is 144 Å². The van der Waals surface area contributed by atoms with E-state index in [1.807, 2.05) is 0 Å². The summed E-state index contributed by atoms with van der Waals surface area (Å²) in [6.07, 6.45) is -26.7. The van der Waals surface area contributed by atoms with Crippen molar-refractivity contribution >= 4 is 11.9 Å². The Bertz CT molecular complexity index is 2180. The van der Waals surface area contributed by atoms with E-state index >= 15 is 0 Å². The van der Waals surface area contributed by atoms with Crippen LogP contribution >= 0.6 is 0 Å². The van der Waals surface area contributed by atoms with Crippen molar-refractivity contribution in [2.45, 2.75) is 181 Å². The highest BCUT2D eigenvalue weighted by molar-refractivity contribution is 5.88. The molecule has 0 aromatic carbocycles.